The van der Waals surface area contributed by atoms with Gasteiger partial charge in [-0.05, 0) is 31.4 Å². The third-order valence-corrected chi connectivity index (χ3v) is 3.05. The monoisotopic (exact) mass is 214 g/mol. The van der Waals surface area contributed by atoms with E-state index in [1.807, 2.05) is 6.20 Å². The molecule has 1 heterocycles. The van der Waals surface area contributed by atoms with Crippen LogP contribution in [-0.2, 0) is 6.42 Å². The number of hydrogen-bond acceptors (Lipinski definition) is 2. The Morgan fingerprint density at radius 1 is 1.25 bits per heavy atom. The van der Waals surface area contributed by atoms with E-state index >= 15 is 0 Å². The molecule has 1 aromatic rings. The molecule has 0 spiro atoms. The van der Waals surface area contributed by atoms with Crippen molar-refractivity contribution in [3.8, 4) is 0 Å². The van der Waals surface area contributed by atoms with E-state index in [1.165, 1.54) is 11.1 Å². The van der Waals surface area contributed by atoms with E-state index in [9.17, 15) is 0 Å². The highest BCUT2D eigenvalue weighted by Crippen LogP contribution is 2.12. The highest BCUT2D eigenvalue weighted by molar-refractivity contribution is 6.00. The topological polar surface area (TPSA) is 24.4 Å². The van der Waals surface area contributed by atoms with E-state index in [4.69, 9.17) is 0 Å². The van der Waals surface area contributed by atoms with Gasteiger partial charge in [0.2, 0.25) is 0 Å². The predicted octanol–water partition coefficient (Wildman–Crippen LogP) is 2.89. The molecule has 1 unspecified atom stereocenters. The van der Waals surface area contributed by atoms with Gasteiger partial charge in [0.05, 0.1) is 6.04 Å². The van der Waals surface area contributed by atoms with Crippen LogP contribution in [0, 0.1) is 0 Å². The molecular formula is C14H18N2. The number of hydrogen-bond donors (Lipinski definition) is 1. The van der Waals surface area contributed by atoms with Crippen molar-refractivity contribution < 1.29 is 0 Å². The molecule has 1 aromatic carbocycles. The number of benzene rings is 1. The van der Waals surface area contributed by atoms with Crippen molar-refractivity contribution in [2.75, 3.05) is 0 Å². The van der Waals surface area contributed by atoms with Gasteiger partial charge < -0.3 is 5.32 Å². The number of nitrogens with one attached hydrogen (secondary N) is 1. The zero-order chi connectivity index (χ0) is 11.5. The van der Waals surface area contributed by atoms with Gasteiger partial charge in [0, 0.05) is 11.8 Å². The first kappa shape index (κ1) is 10.9. The Kier molecular flexibility index (Phi) is 3.09. The summed E-state index contributed by atoms with van der Waals surface area (Å²) in [6, 6.07) is 8.87. The Hall–Kier alpha value is -1.57. The van der Waals surface area contributed by atoms with Crippen LogP contribution in [0.1, 0.15) is 31.9 Å². The molecule has 1 aliphatic heterocycles. The average molecular weight is 214 g/mol. The lowest BCUT2D eigenvalue weighted by atomic mass is 10.1. The Morgan fingerprint density at radius 2 is 1.94 bits per heavy atom. The van der Waals surface area contributed by atoms with Gasteiger partial charge in [-0.1, -0.05) is 31.2 Å². The lowest BCUT2D eigenvalue weighted by Gasteiger charge is -2.18. The van der Waals surface area contributed by atoms with Gasteiger partial charge in [-0.25, -0.2) is 0 Å². The molecule has 1 aliphatic rings. The van der Waals surface area contributed by atoms with Crippen LogP contribution >= 0.6 is 0 Å². The molecule has 2 heteroatoms. The van der Waals surface area contributed by atoms with Gasteiger partial charge in [0.1, 0.15) is 5.84 Å². The van der Waals surface area contributed by atoms with E-state index in [2.05, 4.69) is 55.3 Å². The van der Waals surface area contributed by atoms with Crippen LogP contribution in [0.15, 0.2) is 41.0 Å². The van der Waals surface area contributed by atoms with Gasteiger partial charge in [-0.3, -0.25) is 4.99 Å². The lowest BCUT2D eigenvalue weighted by molar-refractivity contribution is 0.823. The summed E-state index contributed by atoms with van der Waals surface area (Å²) >= 11 is 0. The summed E-state index contributed by atoms with van der Waals surface area (Å²) in [6.07, 6.45) is 3.12. The van der Waals surface area contributed by atoms with E-state index < -0.39 is 0 Å². The van der Waals surface area contributed by atoms with Crippen molar-refractivity contribution in [3.05, 3.63) is 47.2 Å². The summed E-state index contributed by atoms with van der Waals surface area (Å²) in [6.45, 7) is 6.38. The van der Waals surface area contributed by atoms with Crippen molar-refractivity contribution in [1.82, 2.24) is 5.32 Å². The first-order valence-electron chi connectivity index (χ1n) is 5.81. The maximum absolute atomic E-state index is 4.63. The van der Waals surface area contributed by atoms with Crippen molar-refractivity contribution in [2.45, 2.75) is 33.2 Å². The van der Waals surface area contributed by atoms with Gasteiger partial charge in [0.25, 0.3) is 0 Å². The van der Waals surface area contributed by atoms with Crippen LogP contribution < -0.4 is 5.32 Å². The molecule has 0 radical (unpaired) electrons. The minimum absolute atomic E-state index is 0.280. The Balaban J connectivity index is 2.22. The fourth-order valence-corrected chi connectivity index (χ4v) is 1.69. The second-order valence-electron chi connectivity index (χ2n) is 4.24. The Morgan fingerprint density at radius 3 is 2.50 bits per heavy atom. The maximum Gasteiger partial charge on any atom is 0.132 e. The summed E-state index contributed by atoms with van der Waals surface area (Å²) in [7, 11) is 0. The third kappa shape index (κ3) is 2.16. The minimum Gasteiger partial charge on any atom is -0.346 e. The summed E-state index contributed by atoms with van der Waals surface area (Å²) in [5.41, 5.74) is 3.79. The molecule has 0 aromatic heterocycles. The molecule has 16 heavy (non-hydrogen) atoms. The van der Waals surface area contributed by atoms with Crippen LogP contribution in [0.2, 0.25) is 0 Å². The first-order valence-corrected chi connectivity index (χ1v) is 5.81. The molecule has 84 valence electrons. The molecule has 0 aliphatic carbocycles. The Bertz CT molecular complexity index is 427. The largest absolute Gasteiger partial charge is 0.346 e. The molecule has 0 bridgehead atoms. The normalized spacial score (nSPS) is 19.8. The highest BCUT2D eigenvalue weighted by atomic mass is 15.0. The van der Waals surface area contributed by atoms with Crippen molar-refractivity contribution in [3.63, 3.8) is 0 Å². The summed E-state index contributed by atoms with van der Waals surface area (Å²) in [4.78, 5) is 4.63. The van der Waals surface area contributed by atoms with Crippen LogP contribution in [0.4, 0.5) is 0 Å². The van der Waals surface area contributed by atoms with E-state index in [0.717, 1.165) is 17.8 Å². The second-order valence-corrected chi connectivity index (χ2v) is 4.24. The van der Waals surface area contributed by atoms with Gasteiger partial charge in [-0.2, -0.15) is 0 Å². The maximum atomic E-state index is 4.63. The second kappa shape index (κ2) is 4.52. The van der Waals surface area contributed by atoms with E-state index in [1.54, 1.807) is 0 Å². The van der Waals surface area contributed by atoms with Crippen LogP contribution in [0.3, 0.4) is 0 Å². The van der Waals surface area contributed by atoms with Gasteiger partial charge in [-0.15, -0.1) is 0 Å². The lowest BCUT2D eigenvalue weighted by Crippen LogP contribution is -2.26. The Labute approximate surface area is 97.1 Å². The molecular weight excluding hydrogens is 196 g/mol. The first-order chi connectivity index (χ1) is 7.70. The smallest absolute Gasteiger partial charge is 0.132 e. The van der Waals surface area contributed by atoms with Crippen molar-refractivity contribution >= 4 is 5.84 Å². The quantitative estimate of drug-likeness (QED) is 0.804. The average Bonchev–Trinajstić information content (AvgIpc) is 2.33. The number of nitrogens with zero attached hydrogens (tertiary/aromatic N) is 1. The molecule has 2 nitrogen and oxygen atoms in total. The van der Waals surface area contributed by atoms with Gasteiger partial charge in [0.15, 0.2) is 0 Å². The van der Waals surface area contributed by atoms with Crippen molar-refractivity contribution in [2.24, 2.45) is 4.99 Å². The predicted molar refractivity (Wildman–Crippen MR) is 68.7 cm³/mol. The van der Waals surface area contributed by atoms with Crippen LogP contribution in [0.5, 0.6) is 0 Å². The number of aliphatic imine (C=N–C) groups is 1. The van der Waals surface area contributed by atoms with Crippen LogP contribution in [0.25, 0.3) is 0 Å². The van der Waals surface area contributed by atoms with E-state index in [-0.39, 0.29) is 6.04 Å². The number of amidine groups is 1. The molecule has 1 N–H and O–H groups in total. The SMILES string of the molecule is CCc1ccc(C2=NC(C)C(C)=CN2)cc1. The minimum atomic E-state index is 0.280. The molecule has 0 amide bonds. The zero-order valence-electron chi connectivity index (χ0n) is 10.1. The fourth-order valence-electron chi connectivity index (χ4n) is 1.69. The summed E-state index contributed by atoms with van der Waals surface area (Å²) in [5.74, 6) is 0.973. The van der Waals surface area contributed by atoms with Crippen molar-refractivity contribution in [1.29, 1.82) is 0 Å². The summed E-state index contributed by atoms with van der Waals surface area (Å²) < 4.78 is 0. The third-order valence-electron chi connectivity index (χ3n) is 3.05. The molecule has 1 atom stereocenters. The summed E-state index contributed by atoms with van der Waals surface area (Å²) in [5, 5.41) is 3.24. The molecule has 0 saturated carbocycles. The molecule has 0 saturated heterocycles. The number of rotatable bonds is 2. The standard InChI is InChI=1S/C14H18N2/c1-4-12-5-7-13(8-6-12)14-15-9-10(2)11(3)16-14/h5-9,11H,4H2,1-3H3,(H,15,16). The molecule has 2 rings (SSSR count). The number of aryl methyl sites for hydroxylation is 1. The van der Waals surface area contributed by atoms with Gasteiger partial charge >= 0.3 is 0 Å². The highest BCUT2D eigenvalue weighted by Gasteiger charge is 2.11. The molecule has 0 fully saturated rings. The zero-order valence-corrected chi connectivity index (χ0v) is 10.1. The van der Waals surface area contributed by atoms with E-state index in [0.29, 0.717) is 0 Å². The van der Waals surface area contributed by atoms with Crippen LogP contribution in [-0.4, -0.2) is 11.9 Å². The fraction of sp³-hybridized carbons (Fsp3) is 0.357.